The first-order valence-electron chi connectivity index (χ1n) is 7.10. The number of pyridine rings is 1. The van der Waals surface area contributed by atoms with E-state index < -0.39 is 0 Å². The van der Waals surface area contributed by atoms with E-state index >= 15 is 0 Å². The van der Waals surface area contributed by atoms with Crippen LogP contribution >= 0.6 is 0 Å². The molecule has 0 atom stereocenters. The lowest BCUT2D eigenvalue weighted by Gasteiger charge is -2.07. The van der Waals surface area contributed by atoms with Crippen molar-refractivity contribution in [2.24, 2.45) is 0 Å². The van der Waals surface area contributed by atoms with Crippen molar-refractivity contribution in [3.05, 3.63) is 77.7 Å². The van der Waals surface area contributed by atoms with Gasteiger partial charge in [-0.25, -0.2) is 4.39 Å². The Labute approximate surface area is 127 Å². The monoisotopic (exact) mass is 294 g/mol. The van der Waals surface area contributed by atoms with Gasteiger partial charge in [0.05, 0.1) is 11.1 Å². The Kier molecular flexibility index (Phi) is 4.10. The standard InChI is InChI=1S/C18H15FN2O/c19-16-7-3-1-5-13(16)9-10-20-18(22)15-11-14-6-2-4-8-17(14)21-12-15/h1-8,11-12H,9-10H2,(H,20,22). The van der Waals surface area contributed by atoms with E-state index in [9.17, 15) is 9.18 Å². The van der Waals surface area contributed by atoms with Crippen LogP contribution in [-0.4, -0.2) is 17.4 Å². The number of nitrogens with one attached hydrogen (secondary N) is 1. The Balaban J connectivity index is 1.65. The fourth-order valence-electron chi connectivity index (χ4n) is 2.31. The summed E-state index contributed by atoms with van der Waals surface area (Å²) in [5.74, 6) is -0.446. The van der Waals surface area contributed by atoms with Gasteiger partial charge in [-0.2, -0.15) is 0 Å². The molecular weight excluding hydrogens is 279 g/mol. The number of carbonyl (C=O) groups is 1. The first-order chi connectivity index (χ1) is 10.7. The smallest absolute Gasteiger partial charge is 0.252 e. The molecule has 0 saturated heterocycles. The van der Waals surface area contributed by atoms with Gasteiger partial charge in [0, 0.05) is 18.1 Å². The fraction of sp³-hybridized carbons (Fsp3) is 0.111. The maximum absolute atomic E-state index is 13.5. The third kappa shape index (κ3) is 3.11. The Hall–Kier alpha value is -2.75. The molecule has 0 aliphatic rings. The van der Waals surface area contributed by atoms with Gasteiger partial charge in [-0.3, -0.25) is 9.78 Å². The molecule has 3 rings (SSSR count). The maximum Gasteiger partial charge on any atom is 0.252 e. The molecule has 0 fully saturated rings. The fourth-order valence-corrected chi connectivity index (χ4v) is 2.31. The lowest BCUT2D eigenvalue weighted by Crippen LogP contribution is -2.26. The van der Waals surface area contributed by atoms with Gasteiger partial charge < -0.3 is 5.32 Å². The van der Waals surface area contributed by atoms with E-state index in [1.807, 2.05) is 24.3 Å². The van der Waals surface area contributed by atoms with E-state index in [2.05, 4.69) is 10.3 Å². The normalized spacial score (nSPS) is 10.6. The van der Waals surface area contributed by atoms with Crippen molar-refractivity contribution in [2.45, 2.75) is 6.42 Å². The summed E-state index contributed by atoms with van der Waals surface area (Å²) in [5, 5.41) is 3.71. The molecule has 1 N–H and O–H groups in total. The molecule has 1 aromatic heterocycles. The van der Waals surface area contributed by atoms with Crippen molar-refractivity contribution in [2.75, 3.05) is 6.54 Å². The summed E-state index contributed by atoms with van der Waals surface area (Å²) in [7, 11) is 0. The topological polar surface area (TPSA) is 42.0 Å². The number of benzene rings is 2. The minimum absolute atomic E-state index is 0.199. The first-order valence-corrected chi connectivity index (χ1v) is 7.10. The van der Waals surface area contributed by atoms with E-state index in [-0.39, 0.29) is 11.7 Å². The Morgan fingerprint density at radius 3 is 2.73 bits per heavy atom. The molecule has 0 saturated carbocycles. The number of halogens is 1. The molecule has 22 heavy (non-hydrogen) atoms. The molecule has 0 bridgehead atoms. The van der Waals surface area contributed by atoms with Crippen molar-refractivity contribution < 1.29 is 9.18 Å². The molecule has 2 aromatic carbocycles. The number of amides is 1. The van der Waals surface area contributed by atoms with E-state index in [0.29, 0.717) is 24.1 Å². The lowest BCUT2D eigenvalue weighted by atomic mass is 10.1. The largest absolute Gasteiger partial charge is 0.352 e. The molecule has 0 unspecified atom stereocenters. The van der Waals surface area contributed by atoms with Crippen LogP contribution in [0.2, 0.25) is 0 Å². The van der Waals surface area contributed by atoms with Gasteiger partial charge >= 0.3 is 0 Å². The average Bonchev–Trinajstić information content (AvgIpc) is 2.56. The van der Waals surface area contributed by atoms with Gasteiger partial charge in [-0.1, -0.05) is 36.4 Å². The number of nitrogens with zero attached hydrogens (tertiary/aromatic N) is 1. The van der Waals surface area contributed by atoms with Gasteiger partial charge in [0.2, 0.25) is 0 Å². The van der Waals surface area contributed by atoms with Crippen LogP contribution < -0.4 is 5.32 Å². The molecular formula is C18H15FN2O. The zero-order valence-corrected chi connectivity index (χ0v) is 11.9. The number of fused-ring (bicyclic) bond motifs is 1. The van der Waals surface area contributed by atoms with Crippen LogP contribution in [0.15, 0.2) is 60.8 Å². The van der Waals surface area contributed by atoms with E-state index in [1.54, 1.807) is 30.5 Å². The van der Waals surface area contributed by atoms with E-state index in [0.717, 1.165) is 10.9 Å². The highest BCUT2D eigenvalue weighted by molar-refractivity contribution is 5.97. The van der Waals surface area contributed by atoms with Crippen molar-refractivity contribution >= 4 is 16.8 Å². The van der Waals surface area contributed by atoms with Crippen molar-refractivity contribution in [3.63, 3.8) is 0 Å². The maximum atomic E-state index is 13.5. The molecule has 0 spiro atoms. The molecule has 1 amide bonds. The summed E-state index contributed by atoms with van der Waals surface area (Å²) in [6.07, 6.45) is 2.01. The Morgan fingerprint density at radius 1 is 1.09 bits per heavy atom. The second-order valence-corrected chi connectivity index (χ2v) is 5.01. The van der Waals surface area contributed by atoms with Gasteiger partial charge in [0.15, 0.2) is 0 Å². The summed E-state index contributed by atoms with van der Waals surface area (Å²) in [6, 6.07) is 16.0. The zero-order chi connectivity index (χ0) is 15.4. The highest BCUT2D eigenvalue weighted by Gasteiger charge is 2.07. The molecule has 0 aliphatic heterocycles. The SMILES string of the molecule is O=C(NCCc1ccccc1F)c1cnc2ccccc2c1. The zero-order valence-electron chi connectivity index (χ0n) is 11.9. The second kappa shape index (κ2) is 6.35. The Bertz CT molecular complexity index is 817. The summed E-state index contributed by atoms with van der Waals surface area (Å²) >= 11 is 0. The van der Waals surface area contributed by atoms with Crippen molar-refractivity contribution in [3.8, 4) is 0 Å². The van der Waals surface area contributed by atoms with Crippen LogP contribution in [0.5, 0.6) is 0 Å². The summed E-state index contributed by atoms with van der Waals surface area (Å²) in [6.45, 7) is 0.382. The third-order valence-electron chi connectivity index (χ3n) is 3.49. The molecule has 3 aromatic rings. The average molecular weight is 294 g/mol. The highest BCUT2D eigenvalue weighted by atomic mass is 19.1. The van der Waals surface area contributed by atoms with Crippen LogP contribution in [0.25, 0.3) is 10.9 Å². The van der Waals surface area contributed by atoms with E-state index in [4.69, 9.17) is 0 Å². The van der Waals surface area contributed by atoms with Crippen LogP contribution in [0.3, 0.4) is 0 Å². The van der Waals surface area contributed by atoms with E-state index in [1.165, 1.54) is 6.07 Å². The molecule has 0 radical (unpaired) electrons. The number of aromatic nitrogens is 1. The summed E-state index contributed by atoms with van der Waals surface area (Å²) < 4.78 is 13.5. The number of hydrogen-bond acceptors (Lipinski definition) is 2. The van der Waals surface area contributed by atoms with Gasteiger partial charge in [-0.05, 0) is 30.2 Å². The minimum atomic E-state index is -0.246. The molecule has 110 valence electrons. The van der Waals surface area contributed by atoms with Gasteiger partial charge in [0.25, 0.3) is 5.91 Å². The first kappa shape index (κ1) is 14.2. The van der Waals surface area contributed by atoms with Gasteiger partial charge in [0.1, 0.15) is 5.82 Å². The summed E-state index contributed by atoms with van der Waals surface area (Å²) in [4.78, 5) is 16.4. The van der Waals surface area contributed by atoms with Crippen molar-refractivity contribution in [1.82, 2.24) is 10.3 Å². The highest BCUT2D eigenvalue weighted by Crippen LogP contribution is 2.12. The Morgan fingerprint density at radius 2 is 1.86 bits per heavy atom. The van der Waals surface area contributed by atoms with Crippen LogP contribution in [-0.2, 0) is 6.42 Å². The third-order valence-corrected chi connectivity index (χ3v) is 3.49. The molecule has 4 heteroatoms. The lowest BCUT2D eigenvalue weighted by molar-refractivity contribution is 0.0954. The quantitative estimate of drug-likeness (QED) is 0.802. The van der Waals surface area contributed by atoms with Crippen LogP contribution in [0, 0.1) is 5.82 Å². The number of rotatable bonds is 4. The second-order valence-electron chi connectivity index (χ2n) is 5.01. The van der Waals surface area contributed by atoms with Crippen molar-refractivity contribution in [1.29, 1.82) is 0 Å². The predicted octanol–water partition coefficient (Wildman–Crippen LogP) is 3.35. The number of hydrogen-bond donors (Lipinski definition) is 1. The number of para-hydroxylation sites is 1. The number of carbonyl (C=O) groups excluding carboxylic acids is 1. The summed E-state index contributed by atoms with van der Waals surface area (Å²) in [5.41, 5.74) is 1.96. The minimum Gasteiger partial charge on any atom is -0.352 e. The predicted molar refractivity (Wildman–Crippen MR) is 84.2 cm³/mol. The van der Waals surface area contributed by atoms with Crippen LogP contribution in [0.4, 0.5) is 4.39 Å². The molecule has 1 heterocycles. The van der Waals surface area contributed by atoms with Crippen LogP contribution in [0.1, 0.15) is 15.9 Å². The van der Waals surface area contributed by atoms with Gasteiger partial charge in [-0.15, -0.1) is 0 Å². The molecule has 3 nitrogen and oxygen atoms in total. The molecule has 0 aliphatic carbocycles.